The third-order valence-electron chi connectivity index (χ3n) is 1.67. The van der Waals surface area contributed by atoms with E-state index in [4.69, 9.17) is 9.63 Å². The van der Waals surface area contributed by atoms with Crippen LogP contribution in [-0.4, -0.2) is 16.2 Å². The van der Waals surface area contributed by atoms with Gasteiger partial charge in [-0.1, -0.05) is 5.16 Å². The molecule has 1 aromatic heterocycles. The molecule has 0 amide bonds. The average molecular weight is 242 g/mol. The van der Waals surface area contributed by atoms with Gasteiger partial charge in [-0.15, -0.1) is 0 Å². The standard InChI is InChI=1S/C8H4BrNO3/c9-7-5-3-4(8(11)12)1-2-6(5)13-10-7/h1-3H,(H,11,12). The van der Waals surface area contributed by atoms with Gasteiger partial charge >= 0.3 is 5.97 Å². The molecule has 66 valence electrons. The number of halogens is 1. The van der Waals surface area contributed by atoms with Gasteiger partial charge in [-0.3, -0.25) is 0 Å². The quantitative estimate of drug-likeness (QED) is 0.833. The molecule has 0 saturated heterocycles. The highest BCUT2D eigenvalue weighted by molar-refractivity contribution is 9.10. The van der Waals surface area contributed by atoms with Gasteiger partial charge in [0.05, 0.1) is 10.9 Å². The zero-order chi connectivity index (χ0) is 9.42. The third kappa shape index (κ3) is 1.31. The first-order valence-electron chi connectivity index (χ1n) is 3.47. The van der Waals surface area contributed by atoms with Crippen LogP contribution in [0.25, 0.3) is 11.0 Å². The summed E-state index contributed by atoms with van der Waals surface area (Å²) >= 11 is 3.15. The number of rotatable bonds is 1. The van der Waals surface area contributed by atoms with Crippen LogP contribution in [0.4, 0.5) is 0 Å². The van der Waals surface area contributed by atoms with Gasteiger partial charge in [-0.2, -0.15) is 0 Å². The SMILES string of the molecule is O=C(O)c1ccc2onc(Br)c2c1. The summed E-state index contributed by atoms with van der Waals surface area (Å²) < 4.78 is 5.41. The molecular weight excluding hydrogens is 238 g/mol. The van der Waals surface area contributed by atoms with E-state index < -0.39 is 5.97 Å². The second-order valence-corrected chi connectivity index (χ2v) is 3.24. The van der Waals surface area contributed by atoms with E-state index in [1.807, 2.05) is 0 Å². The van der Waals surface area contributed by atoms with Crippen molar-refractivity contribution in [3.8, 4) is 0 Å². The Labute approximate surface area is 81.3 Å². The second-order valence-electron chi connectivity index (χ2n) is 2.49. The summed E-state index contributed by atoms with van der Waals surface area (Å²) in [6.07, 6.45) is 0. The number of benzene rings is 1. The van der Waals surface area contributed by atoms with Gasteiger partial charge in [-0.25, -0.2) is 4.79 Å². The smallest absolute Gasteiger partial charge is 0.335 e. The van der Waals surface area contributed by atoms with E-state index in [2.05, 4.69) is 21.1 Å². The van der Waals surface area contributed by atoms with E-state index in [-0.39, 0.29) is 5.56 Å². The minimum atomic E-state index is -0.963. The van der Waals surface area contributed by atoms with Crippen LogP contribution in [0.3, 0.4) is 0 Å². The zero-order valence-corrected chi connectivity index (χ0v) is 7.91. The molecule has 0 atom stereocenters. The van der Waals surface area contributed by atoms with E-state index in [9.17, 15) is 4.79 Å². The van der Waals surface area contributed by atoms with Crippen LogP contribution in [0.1, 0.15) is 10.4 Å². The molecule has 5 heteroatoms. The number of nitrogens with zero attached hydrogens (tertiary/aromatic N) is 1. The Morgan fingerprint density at radius 3 is 3.00 bits per heavy atom. The summed E-state index contributed by atoms with van der Waals surface area (Å²) in [6.45, 7) is 0. The van der Waals surface area contributed by atoms with Crippen LogP contribution in [0.2, 0.25) is 0 Å². The van der Waals surface area contributed by atoms with Gasteiger partial charge in [0.25, 0.3) is 0 Å². The van der Waals surface area contributed by atoms with Crippen molar-refractivity contribution in [1.82, 2.24) is 5.16 Å². The van der Waals surface area contributed by atoms with Crippen molar-refractivity contribution in [1.29, 1.82) is 0 Å². The molecule has 13 heavy (non-hydrogen) atoms. The average Bonchev–Trinajstić information content (AvgIpc) is 2.47. The normalized spacial score (nSPS) is 10.5. The maximum Gasteiger partial charge on any atom is 0.335 e. The molecule has 0 spiro atoms. The molecule has 4 nitrogen and oxygen atoms in total. The number of fused-ring (bicyclic) bond motifs is 1. The lowest BCUT2D eigenvalue weighted by molar-refractivity contribution is 0.0697. The minimum absolute atomic E-state index is 0.219. The molecule has 0 bridgehead atoms. The molecule has 0 aliphatic rings. The van der Waals surface area contributed by atoms with Crippen LogP contribution in [0.15, 0.2) is 27.3 Å². The fraction of sp³-hybridized carbons (Fsp3) is 0. The van der Waals surface area contributed by atoms with E-state index in [0.717, 1.165) is 0 Å². The van der Waals surface area contributed by atoms with Crippen LogP contribution in [-0.2, 0) is 0 Å². The van der Waals surface area contributed by atoms with Gasteiger partial charge < -0.3 is 9.63 Å². The van der Waals surface area contributed by atoms with Crippen molar-refractivity contribution < 1.29 is 14.4 Å². The monoisotopic (exact) mass is 241 g/mol. The highest BCUT2D eigenvalue weighted by Gasteiger charge is 2.09. The Hall–Kier alpha value is -1.36. The number of aromatic nitrogens is 1. The maximum absolute atomic E-state index is 10.6. The molecule has 1 N–H and O–H groups in total. The lowest BCUT2D eigenvalue weighted by Gasteiger charge is -1.91. The minimum Gasteiger partial charge on any atom is -0.478 e. The van der Waals surface area contributed by atoms with Gasteiger partial charge in [0.15, 0.2) is 10.2 Å². The van der Waals surface area contributed by atoms with Gasteiger partial charge in [0.1, 0.15) is 0 Å². The number of hydrogen-bond acceptors (Lipinski definition) is 3. The van der Waals surface area contributed by atoms with Gasteiger partial charge in [0, 0.05) is 0 Å². The topological polar surface area (TPSA) is 63.3 Å². The molecule has 2 aromatic rings. The van der Waals surface area contributed by atoms with Crippen LogP contribution in [0.5, 0.6) is 0 Å². The Bertz CT molecular complexity index is 477. The number of carbonyl (C=O) groups is 1. The number of aromatic carboxylic acids is 1. The summed E-state index contributed by atoms with van der Waals surface area (Å²) in [4.78, 5) is 10.6. The van der Waals surface area contributed by atoms with Crippen LogP contribution < -0.4 is 0 Å². The summed E-state index contributed by atoms with van der Waals surface area (Å²) in [5.74, 6) is -0.963. The van der Waals surface area contributed by atoms with E-state index in [0.29, 0.717) is 15.6 Å². The fourth-order valence-corrected chi connectivity index (χ4v) is 1.42. The van der Waals surface area contributed by atoms with Crippen LogP contribution in [0, 0.1) is 0 Å². The lowest BCUT2D eigenvalue weighted by Crippen LogP contribution is -1.94. The highest BCUT2D eigenvalue weighted by atomic mass is 79.9. The van der Waals surface area contributed by atoms with E-state index in [1.54, 1.807) is 6.07 Å². The summed E-state index contributed by atoms with van der Waals surface area (Å²) in [5, 5.41) is 13.0. The van der Waals surface area contributed by atoms with Crippen molar-refractivity contribution in [3.63, 3.8) is 0 Å². The number of carboxylic acid groups (broad SMARTS) is 1. The van der Waals surface area contributed by atoms with Crippen molar-refractivity contribution in [2.75, 3.05) is 0 Å². The zero-order valence-electron chi connectivity index (χ0n) is 6.32. The third-order valence-corrected chi connectivity index (χ3v) is 2.24. The predicted molar refractivity (Wildman–Crippen MR) is 48.7 cm³/mol. The van der Waals surface area contributed by atoms with Crippen LogP contribution >= 0.6 is 15.9 Å². The Morgan fingerprint density at radius 1 is 1.54 bits per heavy atom. The Balaban J connectivity index is 2.72. The highest BCUT2D eigenvalue weighted by Crippen LogP contribution is 2.23. The summed E-state index contributed by atoms with van der Waals surface area (Å²) in [5.41, 5.74) is 0.785. The van der Waals surface area contributed by atoms with Crippen molar-refractivity contribution in [3.05, 3.63) is 28.4 Å². The lowest BCUT2D eigenvalue weighted by atomic mass is 10.2. The molecule has 0 unspecified atom stereocenters. The Morgan fingerprint density at radius 2 is 2.31 bits per heavy atom. The van der Waals surface area contributed by atoms with Crippen molar-refractivity contribution >= 4 is 32.9 Å². The predicted octanol–water partition coefficient (Wildman–Crippen LogP) is 2.29. The van der Waals surface area contributed by atoms with Crippen molar-refractivity contribution in [2.24, 2.45) is 0 Å². The molecular formula is C8H4BrNO3. The molecule has 0 radical (unpaired) electrons. The van der Waals surface area contributed by atoms with E-state index >= 15 is 0 Å². The van der Waals surface area contributed by atoms with Gasteiger partial charge in [0.2, 0.25) is 0 Å². The van der Waals surface area contributed by atoms with Gasteiger partial charge in [-0.05, 0) is 34.1 Å². The molecule has 0 fully saturated rings. The number of hydrogen-bond donors (Lipinski definition) is 1. The molecule has 0 aliphatic heterocycles. The number of carboxylic acids is 1. The molecule has 0 aliphatic carbocycles. The first kappa shape index (κ1) is 8.25. The largest absolute Gasteiger partial charge is 0.478 e. The molecule has 1 aromatic carbocycles. The first-order chi connectivity index (χ1) is 6.18. The summed E-state index contributed by atoms with van der Waals surface area (Å²) in [7, 11) is 0. The first-order valence-corrected chi connectivity index (χ1v) is 4.26. The summed E-state index contributed by atoms with van der Waals surface area (Å²) in [6, 6.07) is 4.57. The fourth-order valence-electron chi connectivity index (χ4n) is 1.04. The molecule has 0 saturated carbocycles. The molecule has 2 rings (SSSR count). The van der Waals surface area contributed by atoms with Crippen molar-refractivity contribution in [2.45, 2.75) is 0 Å². The maximum atomic E-state index is 10.6. The molecule has 1 heterocycles. The second kappa shape index (κ2) is 2.85. The Kier molecular flexibility index (Phi) is 1.81. The van der Waals surface area contributed by atoms with E-state index in [1.165, 1.54) is 12.1 Å².